The van der Waals surface area contributed by atoms with Crippen molar-refractivity contribution in [3.05, 3.63) is 71.2 Å². The SMILES string of the molecule is CC1CCC(Cn2cc(CCc3cccnc3)c3nc(C(=N)NC(=O)O)nc(-c4cncc(Cl)c4)c32)CC1. The molecule has 196 valence electrons. The Balaban J connectivity index is 1.65. The van der Waals surface area contributed by atoms with Crippen molar-refractivity contribution in [1.82, 2.24) is 29.8 Å². The normalized spacial score (nSPS) is 17.4. The Bertz CT molecular complexity index is 1460. The van der Waals surface area contributed by atoms with Crippen molar-refractivity contribution in [2.75, 3.05) is 0 Å². The van der Waals surface area contributed by atoms with E-state index in [1.54, 1.807) is 24.7 Å². The van der Waals surface area contributed by atoms with Crippen LogP contribution < -0.4 is 5.32 Å². The number of aryl methyl sites for hydroxylation is 2. The molecule has 0 spiro atoms. The van der Waals surface area contributed by atoms with E-state index in [0.29, 0.717) is 34.1 Å². The molecule has 1 fully saturated rings. The molecule has 1 saturated carbocycles. The topological polar surface area (TPSA) is 130 Å². The Morgan fingerprint density at radius 3 is 2.68 bits per heavy atom. The summed E-state index contributed by atoms with van der Waals surface area (Å²) in [7, 11) is 0. The zero-order valence-corrected chi connectivity index (χ0v) is 21.9. The van der Waals surface area contributed by atoms with E-state index in [9.17, 15) is 9.90 Å². The number of amidine groups is 1. The van der Waals surface area contributed by atoms with Crippen LogP contribution in [0.25, 0.3) is 22.3 Å². The molecule has 0 radical (unpaired) electrons. The highest BCUT2D eigenvalue weighted by molar-refractivity contribution is 6.30. The molecule has 38 heavy (non-hydrogen) atoms. The molecule has 9 nitrogen and oxygen atoms in total. The third-order valence-electron chi connectivity index (χ3n) is 7.22. The maximum absolute atomic E-state index is 11.3. The van der Waals surface area contributed by atoms with Crippen molar-refractivity contribution < 1.29 is 9.90 Å². The van der Waals surface area contributed by atoms with Gasteiger partial charge in [0, 0.05) is 43.1 Å². The third-order valence-corrected chi connectivity index (χ3v) is 7.42. The Hall–Kier alpha value is -3.85. The van der Waals surface area contributed by atoms with Crippen LogP contribution in [0.4, 0.5) is 4.79 Å². The Kier molecular flexibility index (Phi) is 7.64. The molecular formula is C28H30ClN7O2. The van der Waals surface area contributed by atoms with E-state index in [1.165, 1.54) is 25.7 Å². The molecule has 5 rings (SSSR count). The lowest BCUT2D eigenvalue weighted by molar-refractivity contribution is 0.200. The minimum Gasteiger partial charge on any atom is -0.465 e. The van der Waals surface area contributed by atoms with Crippen LogP contribution in [0.15, 0.2) is 49.2 Å². The van der Waals surface area contributed by atoms with Gasteiger partial charge in [-0.05, 0) is 60.8 Å². The van der Waals surface area contributed by atoms with Gasteiger partial charge in [-0.2, -0.15) is 0 Å². The lowest BCUT2D eigenvalue weighted by Gasteiger charge is -2.26. The molecule has 1 amide bonds. The number of hydrogen-bond acceptors (Lipinski definition) is 6. The number of nitrogens with zero attached hydrogens (tertiary/aromatic N) is 5. The first-order valence-electron chi connectivity index (χ1n) is 12.9. The summed E-state index contributed by atoms with van der Waals surface area (Å²) in [5.74, 6) is 0.920. The number of aromatic nitrogens is 5. The van der Waals surface area contributed by atoms with Crippen molar-refractivity contribution in [3.63, 3.8) is 0 Å². The molecule has 3 N–H and O–H groups in total. The van der Waals surface area contributed by atoms with Crippen LogP contribution in [-0.2, 0) is 19.4 Å². The number of hydrogen-bond donors (Lipinski definition) is 3. The van der Waals surface area contributed by atoms with Crippen molar-refractivity contribution in [1.29, 1.82) is 5.41 Å². The van der Waals surface area contributed by atoms with Crippen LogP contribution in [0.3, 0.4) is 0 Å². The van der Waals surface area contributed by atoms with Crippen molar-refractivity contribution in [3.8, 4) is 11.3 Å². The fraction of sp³-hybridized carbons (Fsp3) is 0.357. The Morgan fingerprint density at radius 2 is 1.97 bits per heavy atom. The fourth-order valence-electron chi connectivity index (χ4n) is 5.22. The smallest absolute Gasteiger partial charge is 0.410 e. The van der Waals surface area contributed by atoms with Gasteiger partial charge in [0.05, 0.1) is 16.1 Å². The molecule has 0 unspecified atom stereocenters. The average Bonchev–Trinajstić information content (AvgIpc) is 3.25. The monoisotopic (exact) mass is 531 g/mol. The van der Waals surface area contributed by atoms with Gasteiger partial charge in [-0.3, -0.25) is 20.7 Å². The fourth-order valence-corrected chi connectivity index (χ4v) is 5.40. The number of nitrogens with one attached hydrogen (secondary N) is 2. The lowest BCUT2D eigenvalue weighted by Crippen LogP contribution is -2.30. The lowest BCUT2D eigenvalue weighted by atomic mass is 9.83. The van der Waals surface area contributed by atoms with E-state index < -0.39 is 6.09 Å². The first-order chi connectivity index (χ1) is 18.4. The number of amides is 1. The number of carbonyl (C=O) groups is 1. The molecule has 4 aromatic heterocycles. The molecule has 0 bridgehead atoms. The largest absolute Gasteiger partial charge is 0.465 e. The summed E-state index contributed by atoms with van der Waals surface area (Å²) in [5.41, 5.74) is 4.94. The number of fused-ring (bicyclic) bond motifs is 1. The van der Waals surface area contributed by atoms with Crippen molar-refractivity contribution >= 4 is 34.6 Å². The summed E-state index contributed by atoms with van der Waals surface area (Å²) in [4.78, 5) is 29.2. The van der Waals surface area contributed by atoms with E-state index in [1.807, 2.05) is 18.3 Å². The predicted molar refractivity (Wildman–Crippen MR) is 147 cm³/mol. The van der Waals surface area contributed by atoms with Gasteiger partial charge >= 0.3 is 6.09 Å². The van der Waals surface area contributed by atoms with Gasteiger partial charge < -0.3 is 9.67 Å². The summed E-state index contributed by atoms with van der Waals surface area (Å²) in [6, 6.07) is 5.75. The molecule has 1 aliphatic rings. The zero-order chi connectivity index (χ0) is 26.6. The molecule has 4 aromatic rings. The number of carboxylic acid groups (broad SMARTS) is 1. The molecule has 0 atom stereocenters. The Labute approximate surface area is 225 Å². The Morgan fingerprint density at radius 1 is 1.16 bits per heavy atom. The van der Waals surface area contributed by atoms with E-state index >= 15 is 0 Å². The molecular weight excluding hydrogens is 502 g/mol. The summed E-state index contributed by atoms with van der Waals surface area (Å²) in [5, 5.41) is 20.1. The molecule has 0 aromatic carbocycles. The van der Waals surface area contributed by atoms with Gasteiger partial charge in [-0.15, -0.1) is 0 Å². The number of halogens is 1. The summed E-state index contributed by atoms with van der Waals surface area (Å²) < 4.78 is 2.24. The number of pyridine rings is 2. The van der Waals surface area contributed by atoms with E-state index in [0.717, 1.165) is 35.5 Å². The predicted octanol–water partition coefficient (Wildman–Crippen LogP) is 5.75. The molecule has 0 aliphatic heterocycles. The number of rotatable bonds is 7. The second kappa shape index (κ2) is 11.3. The van der Waals surface area contributed by atoms with Crippen molar-refractivity contribution in [2.24, 2.45) is 11.8 Å². The average molecular weight is 532 g/mol. The van der Waals surface area contributed by atoms with E-state index in [2.05, 4.69) is 38.0 Å². The van der Waals surface area contributed by atoms with Gasteiger partial charge in [0.25, 0.3) is 0 Å². The first-order valence-corrected chi connectivity index (χ1v) is 13.2. The quantitative estimate of drug-likeness (QED) is 0.206. The molecule has 4 heterocycles. The minimum absolute atomic E-state index is 0.00162. The van der Waals surface area contributed by atoms with Crippen LogP contribution in [-0.4, -0.2) is 41.5 Å². The highest BCUT2D eigenvalue weighted by Gasteiger charge is 2.24. The molecule has 0 saturated heterocycles. The van der Waals surface area contributed by atoms with Crippen LogP contribution in [0.5, 0.6) is 0 Å². The second-order valence-corrected chi connectivity index (χ2v) is 10.5. The van der Waals surface area contributed by atoms with Gasteiger partial charge in [0.2, 0.25) is 0 Å². The second-order valence-electron chi connectivity index (χ2n) is 10.1. The van der Waals surface area contributed by atoms with Crippen LogP contribution in [0, 0.1) is 17.2 Å². The third kappa shape index (κ3) is 5.83. The summed E-state index contributed by atoms with van der Waals surface area (Å²) in [6.45, 7) is 3.15. The van der Waals surface area contributed by atoms with Crippen molar-refractivity contribution in [2.45, 2.75) is 52.0 Å². The highest BCUT2D eigenvalue weighted by atomic mass is 35.5. The van der Waals surface area contributed by atoms with Gasteiger partial charge in [0.1, 0.15) is 5.69 Å². The maximum Gasteiger partial charge on any atom is 0.410 e. The molecule has 1 aliphatic carbocycles. The first kappa shape index (κ1) is 25.8. The van der Waals surface area contributed by atoms with Crippen LogP contribution in [0.1, 0.15) is 49.6 Å². The van der Waals surface area contributed by atoms with Crippen LogP contribution in [0.2, 0.25) is 5.02 Å². The standard InChI is InChI=1S/C28H30ClN7O2/c1-17-4-6-19(7-5-17)15-36-16-20(9-8-18-3-2-10-31-12-18)23-25(36)24(21-11-22(29)14-32-13-21)34-27(33-23)26(30)35-28(37)38/h2-3,10-14,16-17,19H,4-9,15H2,1H3,(H2,30,35)(H,37,38). The van der Waals surface area contributed by atoms with Gasteiger partial charge in [-0.1, -0.05) is 37.4 Å². The summed E-state index contributed by atoms with van der Waals surface area (Å²) >= 11 is 6.30. The zero-order valence-electron chi connectivity index (χ0n) is 21.2. The maximum atomic E-state index is 11.3. The van der Waals surface area contributed by atoms with E-state index in [4.69, 9.17) is 22.0 Å². The van der Waals surface area contributed by atoms with Gasteiger partial charge in [0.15, 0.2) is 11.7 Å². The van der Waals surface area contributed by atoms with Gasteiger partial charge in [-0.25, -0.2) is 14.8 Å². The molecule has 10 heteroatoms. The van der Waals surface area contributed by atoms with E-state index in [-0.39, 0.29) is 11.7 Å². The summed E-state index contributed by atoms with van der Waals surface area (Å²) in [6.07, 6.45) is 13.9. The van der Waals surface area contributed by atoms with Crippen LogP contribution >= 0.6 is 11.6 Å². The highest BCUT2D eigenvalue weighted by Crippen LogP contribution is 2.34. The minimum atomic E-state index is -1.34.